The number of aromatic amines is 1. The zero-order chi connectivity index (χ0) is 13.7. The van der Waals surface area contributed by atoms with Crippen molar-refractivity contribution in [2.75, 3.05) is 20.6 Å². The summed E-state index contributed by atoms with van der Waals surface area (Å²) in [6, 6.07) is 0. The van der Waals surface area contributed by atoms with Crippen LogP contribution in [0.3, 0.4) is 0 Å². The summed E-state index contributed by atoms with van der Waals surface area (Å²) in [5, 5.41) is 9.09. The predicted molar refractivity (Wildman–Crippen MR) is 66.0 cm³/mol. The van der Waals surface area contributed by atoms with Crippen LogP contribution >= 0.6 is 0 Å². The van der Waals surface area contributed by atoms with Crippen LogP contribution < -0.4 is 5.32 Å². The molecule has 7 nitrogen and oxygen atoms in total. The van der Waals surface area contributed by atoms with Gasteiger partial charge in [-0.05, 0) is 0 Å². The van der Waals surface area contributed by atoms with Crippen LogP contribution in [0.4, 0.5) is 0 Å². The number of rotatable bonds is 5. The van der Waals surface area contributed by atoms with Crippen LogP contribution in [0.15, 0.2) is 0 Å². The molecule has 0 aliphatic heterocycles. The van der Waals surface area contributed by atoms with Crippen molar-refractivity contribution in [2.45, 2.75) is 20.3 Å². The highest BCUT2D eigenvalue weighted by Crippen LogP contribution is 2.03. The average molecular weight is 253 g/mol. The van der Waals surface area contributed by atoms with E-state index in [1.54, 1.807) is 21.0 Å². The maximum atomic E-state index is 12.0. The van der Waals surface area contributed by atoms with Crippen molar-refractivity contribution in [2.24, 2.45) is 5.92 Å². The molecule has 1 heterocycles. The first-order valence-corrected chi connectivity index (χ1v) is 5.87. The Morgan fingerprint density at radius 2 is 2.17 bits per heavy atom. The largest absolute Gasteiger partial charge is 0.359 e. The summed E-state index contributed by atoms with van der Waals surface area (Å²) in [5.41, 5.74) is 0. The smallest absolute Gasteiger partial charge is 0.293 e. The van der Waals surface area contributed by atoms with Crippen LogP contribution in [0.5, 0.6) is 0 Å². The molecule has 1 aromatic heterocycles. The van der Waals surface area contributed by atoms with E-state index >= 15 is 0 Å². The van der Waals surface area contributed by atoms with E-state index in [1.165, 1.54) is 4.90 Å². The van der Waals surface area contributed by atoms with Gasteiger partial charge in [-0.1, -0.05) is 13.8 Å². The van der Waals surface area contributed by atoms with Gasteiger partial charge in [-0.2, -0.15) is 0 Å². The second kappa shape index (κ2) is 6.13. The molecule has 0 aliphatic rings. The van der Waals surface area contributed by atoms with Gasteiger partial charge in [0.15, 0.2) is 0 Å². The number of aryl methyl sites for hydroxylation is 1. The number of nitrogens with zero attached hydrogens (tertiary/aromatic N) is 3. The van der Waals surface area contributed by atoms with Crippen LogP contribution in [-0.4, -0.2) is 52.5 Å². The monoisotopic (exact) mass is 253 g/mol. The molecule has 0 radical (unpaired) electrons. The SMILES string of the molecule is CCc1nc(C(=O)N(C)CC(C)C(=O)NC)n[nH]1. The van der Waals surface area contributed by atoms with Gasteiger partial charge in [-0.3, -0.25) is 14.7 Å². The molecule has 1 unspecified atom stereocenters. The van der Waals surface area contributed by atoms with Gasteiger partial charge in [0, 0.05) is 27.1 Å². The standard InChI is InChI=1S/C11H19N5O2/c1-5-8-13-9(15-14-8)11(18)16(4)6-7(2)10(17)12-3/h7H,5-6H2,1-4H3,(H,12,17)(H,13,14,15). The zero-order valence-electron chi connectivity index (χ0n) is 11.1. The number of carbonyl (C=O) groups excluding carboxylic acids is 2. The molecular formula is C11H19N5O2. The summed E-state index contributed by atoms with van der Waals surface area (Å²) in [5.74, 6) is 0.152. The van der Waals surface area contributed by atoms with E-state index in [4.69, 9.17) is 0 Å². The van der Waals surface area contributed by atoms with E-state index in [1.807, 2.05) is 6.92 Å². The zero-order valence-corrected chi connectivity index (χ0v) is 11.1. The lowest BCUT2D eigenvalue weighted by Gasteiger charge is -2.19. The van der Waals surface area contributed by atoms with Gasteiger partial charge in [0.2, 0.25) is 11.7 Å². The van der Waals surface area contributed by atoms with E-state index in [0.717, 1.165) is 0 Å². The number of H-pyrrole nitrogens is 1. The lowest BCUT2D eigenvalue weighted by atomic mass is 10.1. The fourth-order valence-electron chi connectivity index (χ4n) is 1.54. The van der Waals surface area contributed by atoms with Crippen LogP contribution in [0.1, 0.15) is 30.3 Å². The third-order valence-electron chi connectivity index (χ3n) is 2.65. The molecule has 0 spiro atoms. The van der Waals surface area contributed by atoms with Crippen molar-refractivity contribution in [3.05, 3.63) is 11.6 Å². The molecule has 18 heavy (non-hydrogen) atoms. The van der Waals surface area contributed by atoms with E-state index < -0.39 is 0 Å². The topological polar surface area (TPSA) is 91.0 Å². The summed E-state index contributed by atoms with van der Waals surface area (Å²) in [6.07, 6.45) is 0.693. The Bertz CT molecular complexity index is 429. The number of hydrogen-bond acceptors (Lipinski definition) is 4. The predicted octanol–water partition coefficient (Wildman–Crippen LogP) is -0.179. The van der Waals surface area contributed by atoms with Gasteiger partial charge < -0.3 is 10.2 Å². The molecule has 0 saturated carbocycles. The third-order valence-corrected chi connectivity index (χ3v) is 2.65. The first kappa shape index (κ1) is 14.1. The molecule has 2 N–H and O–H groups in total. The molecule has 2 amide bonds. The van der Waals surface area contributed by atoms with Crippen LogP contribution in [0.25, 0.3) is 0 Å². The fourth-order valence-corrected chi connectivity index (χ4v) is 1.54. The van der Waals surface area contributed by atoms with Crippen LogP contribution in [-0.2, 0) is 11.2 Å². The van der Waals surface area contributed by atoms with Gasteiger partial charge in [0.05, 0.1) is 5.92 Å². The third kappa shape index (κ3) is 3.28. The summed E-state index contributed by atoms with van der Waals surface area (Å²) < 4.78 is 0. The Labute approximate surface area is 106 Å². The normalized spacial score (nSPS) is 12.0. The minimum atomic E-state index is -0.290. The van der Waals surface area contributed by atoms with Gasteiger partial charge in [0.25, 0.3) is 5.91 Å². The molecule has 100 valence electrons. The molecule has 0 saturated heterocycles. The van der Waals surface area contributed by atoms with E-state index in [0.29, 0.717) is 18.8 Å². The Morgan fingerprint density at radius 1 is 1.50 bits per heavy atom. The quantitative estimate of drug-likeness (QED) is 0.761. The number of nitrogens with one attached hydrogen (secondary N) is 2. The molecule has 1 aromatic rings. The van der Waals surface area contributed by atoms with Gasteiger partial charge in [0.1, 0.15) is 5.82 Å². The van der Waals surface area contributed by atoms with Gasteiger partial charge in [-0.15, -0.1) is 5.10 Å². The summed E-state index contributed by atoms with van der Waals surface area (Å²) >= 11 is 0. The second-order valence-electron chi connectivity index (χ2n) is 4.16. The number of hydrogen-bond donors (Lipinski definition) is 2. The lowest BCUT2D eigenvalue weighted by molar-refractivity contribution is -0.124. The molecule has 1 rings (SSSR count). The highest BCUT2D eigenvalue weighted by Gasteiger charge is 2.21. The van der Waals surface area contributed by atoms with Crippen molar-refractivity contribution in [1.82, 2.24) is 25.4 Å². The number of carbonyl (C=O) groups is 2. The summed E-state index contributed by atoms with van der Waals surface area (Å²) in [7, 11) is 3.20. The molecule has 7 heteroatoms. The van der Waals surface area contributed by atoms with Gasteiger partial charge >= 0.3 is 0 Å². The Morgan fingerprint density at radius 3 is 2.67 bits per heavy atom. The van der Waals surface area contributed by atoms with E-state index in [2.05, 4.69) is 20.5 Å². The maximum absolute atomic E-state index is 12.0. The van der Waals surface area contributed by atoms with Crippen molar-refractivity contribution >= 4 is 11.8 Å². The highest BCUT2D eigenvalue weighted by atomic mass is 16.2. The Balaban J connectivity index is 2.63. The summed E-state index contributed by atoms with van der Waals surface area (Å²) in [4.78, 5) is 28.9. The molecule has 0 fully saturated rings. The average Bonchev–Trinajstić information content (AvgIpc) is 2.85. The van der Waals surface area contributed by atoms with Crippen molar-refractivity contribution < 1.29 is 9.59 Å². The number of amides is 2. The minimum absolute atomic E-state index is 0.0983. The van der Waals surface area contributed by atoms with Crippen LogP contribution in [0.2, 0.25) is 0 Å². The molecular weight excluding hydrogens is 234 g/mol. The van der Waals surface area contributed by atoms with Gasteiger partial charge in [-0.25, -0.2) is 4.98 Å². The second-order valence-corrected chi connectivity index (χ2v) is 4.16. The van der Waals surface area contributed by atoms with E-state index in [9.17, 15) is 9.59 Å². The first-order valence-electron chi connectivity index (χ1n) is 5.87. The lowest BCUT2D eigenvalue weighted by Crippen LogP contribution is -2.37. The van der Waals surface area contributed by atoms with Crippen molar-refractivity contribution in [3.63, 3.8) is 0 Å². The Hall–Kier alpha value is -1.92. The van der Waals surface area contributed by atoms with Crippen molar-refractivity contribution in [3.8, 4) is 0 Å². The number of aromatic nitrogens is 3. The molecule has 0 aliphatic carbocycles. The maximum Gasteiger partial charge on any atom is 0.293 e. The Kier molecular flexibility index (Phi) is 4.82. The molecule has 1 atom stereocenters. The van der Waals surface area contributed by atoms with Crippen LogP contribution in [0, 0.1) is 5.92 Å². The molecule has 0 aromatic carbocycles. The minimum Gasteiger partial charge on any atom is -0.359 e. The first-order chi connectivity index (χ1) is 8.49. The van der Waals surface area contributed by atoms with E-state index in [-0.39, 0.29) is 23.6 Å². The molecule has 0 bridgehead atoms. The highest BCUT2D eigenvalue weighted by molar-refractivity contribution is 5.90. The van der Waals surface area contributed by atoms with Crippen molar-refractivity contribution in [1.29, 1.82) is 0 Å². The fraction of sp³-hybridized carbons (Fsp3) is 0.636. The summed E-state index contributed by atoms with van der Waals surface area (Å²) in [6.45, 7) is 4.01.